The van der Waals surface area contributed by atoms with Crippen LogP contribution in [0.2, 0.25) is 0 Å². The van der Waals surface area contributed by atoms with E-state index in [-0.39, 0.29) is 18.6 Å². The summed E-state index contributed by atoms with van der Waals surface area (Å²) >= 11 is 1.42. The monoisotopic (exact) mass is 264 g/mol. The Balaban J connectivity index is 2.30. The summed E-state index contributed by atoms with van der Waals surface area (Å²) in [6, 6.07) is 5.59. The third kappa shape index (κ3) is 2.32. The van der Waals surface area contributed by atoms with Gasteiger partial charge in [-0.25, -0.2) is 0 Å². The number of aliphatic hydroxyl groups excluding tert-OH is 1. The summed E-state index contributed by atoms with van der Waals surface area (Å²) in [6.45, 7) is 1.79. The predicted molar refractivity (Wildman–Crippen MR) is 72.3 cm³/mol. The van der Waals surface area contributed by atoms with Gasteiger partial charge in [-0.2, -0.15) is 0 Å². The van der Waals surface area contributed by atoms with E-state index in [1.54, 1.807) is 11.9 Å². The van der Waals surface area contributed by atoms with Crippen LogP contribution in [-0.4, -0.2) is 40.2 Å². The van der Waals surface area contributed by atoms with E-state index in [9.17, 15) is 4.79 Å². The van der Waals surface area contributed by atoms with Gasteiger partial charge in [-0.1, -0.05) is 0 Å². The van der Waals surface area contributed by atoms with Crippen molar-refractivity contribution in [2.45, 2.75) is 13.0 Å². The van der Waals surface area contributed by atoms with Crippen molar-refractivity contribution >= 4 is 17.2 Å². The second-order valence-electron chi connectivity index (χ2n) is 4.17. The molecular formula is C13H16N2O2S. The molecule has 0 aliphatic carbocycles. The Morgan fingerprint density at radius 3 is 2.78 bits per heavy atom. The van der Waals surface area contributed by atoms with Crippen molar-refractivity contribution in [3.8, 4) is 5.69 Å². The van der Waals surface area contributed by atoms with E-state index in [2.05, 4.69) is 0 Å². The molecule has 0 saturated heterocycles. The first-order valence-electron chi connectivity index (χ1n) is 5.74. The lowest BCUT2D eigenvalue weighted by Gasteiger charge is -2.23. The van der Waals surface area contributed by atoms with Crippen LogP contribution >= 0.6 is 11.3 Å². The highest BCUT2D eigenvalue weighted by Gasteiger charge is 2.21. The van der Waals surface area contributed by atoms with Crippen molar-refractivity contribution in [3.63, 3.8) is 0 Å². The number of aromatic nitrogens is 1. The van der Waals surface area contributed by atoms with E-state index < -0.39 is 0 Å². The summed E-state index contributed by atoms with van der Waals surface area (Å²) in [5.74, 6) is -0.0600. The number of hydrogen-bond acceptors (Lipinski definition) is 3. The highest BCUT2D eigenvalue weighted by atomic mass is 32.1. The minimum absolute atomic E-state index is 0.0352. The predicted octanol–water partition coefficient (Wildman–Crippen LogP) is 1.99. The first-order valence-corrected chi connectivity index (χ1v) is 6.62. The van der Waals surface area contributed by atoms with Gasteiger partial charge in [0.15, 0.2) is 0 Å². The SMILES string of the molecule is CC(CO)N(C)C(=O)c1sccc1-n1cccc1. The fourth-order valence-electron chi connectivity index (χ4n) is 1.64. The van der Waals surface area contributed by atoms with Gasteiger partial charge in [0.1, 0.15) is 4.88 Å². The van der Waals surface area contributed by atoms with Gasteiger partial charge < -0.3 is 14.6 Å². The normalized spacial score (nSPS) is 12.4. The maximum absolute atomic E-state index is 12.3. The Morgan fingerprint density at radius 1 is 1.50 bits per heavy atom. The molecule has 2 heterocycles. The molecule has 1 atom stereocenters. The molecule has 0 radical (unpaired) electrons. The van der Waals surface area contributed by atoms with Gasteiger partial charge in [0.05, 0.1) is 18.3 Å². The first-order chi connectivity index (χ1) is 8.65. The van der Waals surface area contributed by atoms with Gasteiger partial charge in [-0.05, 0) is 30.5 Å². The number of hydrogen-bond donors (Lipinski definition) is 1. The third-order valence-corrected chi connectivity index (χ3v) is 3.86. The topological polar surface area (TPSA) is 45.5 Å². The van der Waals surface area contributed by atoms with Gasteiger partial charge in [0.25, 0.3) is 5.91 Å². The minimum atomic E-state index is -0.183. The number of nitrogens with zero attached hydrogens (tertiary/aromatic N) is 2. The second-order valence-corrected chi connectivity index (χ2v) is 5.09. The quantitative estimate of drug-likeness (QED) is 0.918. The van der Waals surface area contributed by atoms with Crippen molar-refractivity contribution in [2.75, 3.05) is 13.7 Å². The van der Waals surface area contributed by atoms with Gasteiger partial charge in [0.2, 0.25) is 0 Å². The molecule has 0 aliphatic rings. The highest BCUT2D eigenvalue weighted by molar-refractivity contribution is 7.12. The van der Waals surface area contributed by atoms with Crippen molar-refractivity contribution < 1.29 is 9.90 Å². The number of thiophene rings is 1. The number of carbonyl (C=O) groups is 1. The van der Waals surface area contributed by atoms with Crippen LogP contribution in [0.3, 0.4) is 0 Å². The molecule has 1 amide bonds. The summed E-state index contributed by atoms with van der Waals surface area (Å²) in [6.07, 6.45) is 3.82. The standard InChI is InChI=1S/C13H16N2O2S/c1-10(9-16)14(2)13(17)12-11(5-8-18-12)15-6-3-4-7-15/h3-8,10,16H,9H2,1-2H3. The Labute approximate surface area is 110 Å². The first kappa shape index (κ1) is 12.9. The zero-order valence-electron chi connectivity index (χ0n) is 10.4. The van der Waals surface area contributed by atoms with E-state index in [0.717, 1.165) is 5.69 Å². The fraction of sp³-hybridized carbons (Fsp3) is 0.308. The number of likely N-dealkylation sites (N-methyl/N-ethyl adjacent to an activating group) is 1. The van der Waals surface area contributed by atoms with Crippen LogP contribution in [0, 0.1) is 0 Å². The molecule has 18 heavy (non-hydrogen) atoms. The largest absolute Gasteiger partial charge is 0.394 e. The highest BCUT2D eigenvalue weighted by Crippen LogP contribution is 2.23. The van der Waals surface area contributed by atoms with Crippen molar-refractivity contribution in [1.82, 2.24) is 9.47 Å². The lowest BCUT2D eigenvalue weighted by molar-refractivity contribution is 0.0687. The van der Waals surface area contributed by atoms with Crippen molar-refractivity contribution in [2.24, 2.45) is 0 Å². The Bertz CT molecular complexity index is 519. The summed E-state index contributed by atoms with van der Waals surface area (Å²) in [4.78, 5) is 14.6. The summed E-state index contributed by atoms with van der Waals surface area (Å²) < 4.78 is 1.92. The second kappa shape index (κ2) is 5.37. The van der Waals surface area contributed by atoms with E-state index in [4.69, 9.17) is 5.11 Å². The van der Waals surface area contributed by atoms with Crippen LogP contribution in [0.1, 0.15) is 16.6 Å². The average molecular weight is 264 g/mol. The molecule has 0 aliphatic heterocycles. The smallest absolute Gasteiger partial charge is 0.266 e. The Hall–Kier alpha value is -1.59. The zero-order valence-corrected chi connectivity index (χ0v) is 11.2. The molecule has 0 bridgehead atoms. The van der Waals surface area contributed by atoms with Crippen LogP contribution in [0.5, 0.6) is 0 Å². The van der Waals surface area contributed by atoms with E-state index in [1.165, 1.54) is 11.3 Å². The molecule has 1 unspecified atom stereocenters. The van der Waals surface area contributed by atoms with Crippen LogP contribution < -0.4 is 0 Å². The number of carbonyl (C=O) groups excluding carboxylic acids is 1. The molecule has 1 N–H and O–H groups in total. The van der Waals surface area contributed by atoms with E-state index >= 15 is 0 Å². The molecule has 96 valence electrons. The van der Waals surface area contributed by atoms with Crippen molar-refractivity contribution in [3.05, 3.63) is 40.8 Å². The Kier molecular flexibility index (Phi) is 3.84. The molecule has 0 saturated carbocycles. The van der Waals surface area contributed by atoms with Crippen LogP contribution in [0.25, 0.3) is 5.69 Å². The fourth-order valence-corrected chi connectivity index (χ4v) is 2.52. The maximum Gasteiger partial charge on any atom is 0.266 e. The molecule has 0 fully saturated rings. The van der Waals surface area contributed by atoms with Crippen LogP contribution in [0.4, 0.5) is 0 Å². The maximum atomic E-state index is 12.3. The molecule has 0 aromatic carbocycles. The molecule has 4 nitrogen and oxygen atoms in total. The summed E-state index contributed by atoms with van der Waals surface area (Å²) in [5.41, 5.74) is 0.881. The molecule has 2 aromatic rings. The Morgan fingerprint density at radius 2 is 2.17 bits per heavy atom. The van der Waals surface area contributed by atoms with Crippen LogP contribution in [-0.2, 0) is 0 Å². The number of amides is 1. The summed E-state index contributed by atoms with van der Waals surface area (Å²) in [5, 5.41) is 11.0. The lowest BCUT2D eigenvalue weighted by atomic mass is 10.2. The van der Waals surface area contributed by atoms with E-state index in [0.29, 0.717) is 4.88 Å². The minimum Gasteiger partial charge on any atom is -0.394 e. The van der Waals surface area contributed by atoms with E-state index in [1.807, 2.05) is 47.5 Å². The number of aliphatic hydroxyl groups is 1. The summed E-state index contributed by atoms with van der Waals surface area (Å²) in [7, 11) is 1.71. The molecule has 2 aromatic heterocycles. The molecule has 2 rings (SSSR count). The molecular weight excluding hydrogens is 248 g/mol. The lowest BCUT2D eigenvalue weighted by Crippen LogP contribution is -2.37. The third-order valence-electron chi connectivity index (χ3n) is 2.97. The van der Waals surface area contributed by atoms with Crippen LogP contribution in [0.15, 0.2) is 36.0 Å². The molecule has 5 heteroatoms. The van der Waals surface area contributed by atoms with Gasteiger partial charge in [-0.3, -0.25) is 4.79 Å². The zero-order chi connectivity index (χ0) is 13.1. The average Bonchev–Trinajstić information content (AvgIpc) is 3.05. The van der Waals surface area contributed by atoms with Gasteiger partial charge in [-0.15, -0.1) is 11.3 Å². The van der Waals surface area contributed by atoms with Gasteiger partial charge >= 0.3 is 0 Å². The van der Waals surface area contributed by atoms with Gasteiger partial charge in [0, 0.05) is 19.4 Å². The number of rotatable bonds is 4. The van der Waals surface area contributed by atoms with Crippen molar-refractivity contribution in [1.29, 1.82) is 0 Å². The molecule has 0 spiro atoms.